The van der Waals surface area contributed by atoms with Gasteiger partial charge < -0.3 is 4.90 Å². The molecule has 2 unspecified atom stereocenters. The van der Waals surface area contributed by atoms with Crippen LogP contribution in [0.4, 0.5) is 5.69 Å². The fraction of sp³-hybridized carbons (Fsp3) is 0.455. The molecule has 1 aromatic rings. The Balaban J connectivity index is 2.13. The SMILES string of the molecule is CN1C(Cl)CN(c2cc[c]cc2)CC1Cl. The smallest absolute Gasteiger partial charge is 0.104 e. The average Bonchev–Trinajstić information content (AvgIpc) is 2.26. The van der Waals surface area contributed by atoms with Crippen LogP contribution in [0.15, 0.2) is 24.3 Å². The number of likely N-dealkylation sites (N-methyl/N-ethyl adjacent to an activating group) is 1. The van der Waals surface area contributed by atoms with Crippen LogP contribution in [0.5, 0.6) is 0 Å². The van der Waals surface area contributed by atoms with Crippen LogP contribution < -0.4 is 4.90 Å². The Morgan fingerprint density at radius 1 is 1.20 bits per heavy atom. The minimum atomic E-state index is -0.0366. The molecule has 1 saturated heterocycles. The predicted molar refractivity (Wildman–Crippen MR) is 64.5 cm³/mol. The van der Waals surface area contributed by atoms with Gasteiger partial charge >= 0.3 is 0 Å². The van der Waals surface area contributed by atoms with Crippen LogP contribution in [-0.4, -0.2) is 36.0 Å². The largest absolute Gasteiger partial charge is 0.366 e. The number of hydrogen-bond donors (Lipinski definition) is 0. The average molecular weight is 244 g/mol. The fourth-order valence-corrected chi connectivity index (χ4v) is 2.33. The van der Waals surface area contributed by atoms with Crippen molar-refractivity contribution in [1.29, 1.82) is 0 Å². The molecule has 2 atom stereocenters. The first kappa shape index (κ1) is 11.1. The quantitative estimate of drug-likeness (QED) is 0.552. The number of hydrogen-bond acceptors (Lipinski definition) is 2. The van der Waals surface area contributed by atoms with Crippen molar-refractivity contribution in [3.8, 4) is 0 Å². The van der Waals surface area contributed by atoms with Crippen LogP contribution in [0.2, 0.25) is 0 Å². The predicted octanol–water partition coefficient (Wildman–Crippen LogP) is 2.37. The van der Waals surface area contributed by atoms with Gasteiger partial charge in [0, 0.05) is 18.8 Å². The molecular formula is C11H13Cl2N2. The second-order valence-corrected chi connectivity index (χ2v) is 4.71. The summed E-state index contributed by atoms with van der Waals surface area (Å²) in [5, 5.41) is 0. The number of rotatable bonds is 1. The molecule has 0 aliphatic carbocycles. The molecule has 81 valence electrons. The maximum atomic E-state index is 6.20. The first-order chi connectivity index (χ1) is 7.18. The number of piperazine rings is 1. The van der Waals surface area contributed by atoms with E-state index in [2.05, 4.69) is 11.0 Å². The molecule has 1 aliphatic heterocycles. The molecule has 0 spiro atoms. The van der Waals surface area contributed by atoms with E-state index in [1.54, 1.807) is 0 Å². The van der Waals surface area contributed by atoms with Gasteiger partial charge in [-0.25, -0.2) is 0 Å². The summed E-state index contributed by atoms with van der Waals surface area (Å²) in [4.78, 5) is 4.18. The van der Waals surface area contributed by atoms with Crippen molar-refractivity contribution in [2.45, 2.75) is 11.0 Å². The van der Waals surface area contributed by atoms with E-state index >= 15 is 0 Å². The molecular weight excluding hydrogens is 231 g/mol. The highest BCUT2D eigenvalue weighted by Crippen LogP contribution is 2.24. The molecule has 0 bridgehead atoms. The molecule has 1 radical (unpaired) electrons. The lowest BCUT2D eigenvalue weighted by Crippen LogP contribution is -2.53. The Kier molecular flexibility index (Phi) is 3.39. The van der Waals surface area contributed by atoms with Crippen LogP contribution in [0.25, 0.3) is 0 Å². The van der Waals surface area contributed by atoms with Crippen LogP contribution in [0.3, 0.4) is 0 Å². The molecule has 1 fully saturated rings. The zero-order valence-corrected chi connectivity index (χ0v) is 10.0. The number of nitrogens with zero attached hydrogens (tertiary/aromatic N) is 2. The molecule has 0 N–H and O–H groups in total. The summed E-state index contributed by atoms with van der Waals surface area (Å²) in [5.74, 6) is 0. The first-order valence-electron chi connectivity index (χ1n) is 4.89. The molecule has 0 amide bonds. The van der Waals surface area contributed by atoms with Crippen LogP contribution in [-0.2, 0) is 0 Å². The summed E-state index contributed by atoms with van der Waals surface area (Å²) in [6.07, 6.45) is 0. The van der Waals surface area contributed by atoms with Gasteiger partial charge in [-0.3, -0.25) is 4.90 Å². The maximum absolute atomic E-state index is 6.20. The third-order valence-electron chi connectivity index (χ3n) is 2.69. The van der Waals surface area contributed by atoms with Crippen LogP contribution in [0, 0.1) is 6.07 Å². The normalized spacial score (nSPS) is 28.1. The lowest BCUT2D eigenvalue weighted by Gasteiger charge is -2.40. The topological polar surface area (TPSA) is 6.48 Å². The van der Waals surface area contributed by atoms with Gasteiger partial charge in [0.1, 0.15) is 11.0 Å². The molecule has 2 nitrogen and oxygen atoms in total. The monoisotopic (exact) mass is 243 g/mol. The Labute approximate surface area is 100 Å². The second kappa shape index (κ2) is 4.60. The van der Waals surface area contributed by atoms with Gasteiger partial charge in [0.05, 0.1) is 0 Å². The maximum Gasteiger partial charge on any atom is 0.104 e. The van der Waals surface area contributed by atoms with E-state index in [1.807, 2.05) is 36.2 Å². The van der Waals surface area contributed by atoms with E-state index in [9.17, 15) is 0 Å². The minimum Gasteiger partial charge on any atom is -0.366 e. The summed E-state index contributed by atoms with van der Waals surface area (Å²) >= 11 is 12.4. The van der Waals surface area contributed by atoms with Gasteiger partial charge in [-0.15, -0.1) is 23.2 Å². The highest BCUT2D eigenvalue weighted by Gasteiger charge is 2.29. The van der Waals surface area contributed by atoms with Crippen molar-refractivity contribution >= 4 is 28.9 Å². The van der Waals surface area contributed by atoms with Crippen molar-refractivity contribution in [1.82, 2.24) is 4.90 Å². The molecule has 1 aromatic carbocycles. The van der Waals surface area contributed by atoms with E-state index in [0.717, 1.165) is 18.8 Å². The molecule has 1 heterocycles. The Bertz CT molecular complexity index is 306. The summed E-state index contributed by atoms with van der Waals surface area (Å²) in [5.41, 5.74) is 1.08. The third kappa shape index (κ3) is 2.39. The molecule has 15 heavy (non-hydrogen) atoms. The van der Waals surface area contributed by atoms with E-state index in [0.29, 0.717) is 0 Å². The zero-order chi connectivity index (χ0) is 10.8. The summed E-state index contributed by atoms with van der Waals surface area (Å²) in [7, 11) is 1.95. The Hall–Kier alpha value is -0.440. The van der Waals surface area contributed by atoms with E-state index in [-0.39, 0.29) is 11.0 Å². The van der Waals surface area contributed by atoms with Gasteiger partial charge in [-0.1, -0.05) is 12.1 Å². The van der Waals surface area contributed by atoms with E-state index in [4.69, 9.17) is 23.2 Å². The van der Waals surface area contributed by atoms with Crippen LogP contribution in [0.1, 0.15) is 0 Å². The van der Waals surface area contributed by atoms with Crippen molar-refractivity contribution in [3.05, 3.63) is 30.3 Å². The first-order valence-corrected chi connectivity index (χ1v) is 5.77. The van der Waals surface area contributed by atoms with Gasteiger partial charge in [0.25, 0.3) is 0 Å². The minimum absolute atomic E-state index is 0.0366. The van der Waals surface area contributed by atoms with Gasteiger partial charge in [0.15, 0.2) is 0 Å². The number of halogens is 2. The summed E-state index contributed by atoms with van der Waals surface area (Å²) < 4.78 is 0. The molecule has 4 heteroatoms. The fourth-order valence-electron chi connectivity index (χ4n) is 1.67. The summed E-state index contributed by atoms with van der Waals surface area (Å²) in [6.45, 7) is 1.59. The van der Waals surface area contributed by atoms with Crippen LogP contribution >= 0.6 is 23.2 Å². The number of benzene rings is 1. The van der Waals surface area contributed by atoms with Gasteiger partial charge in [-0.2, -0.15) is 0 Å². The third-order valence-corrected chi connectivity index (χ3v) is 3.58. The van der Waals surface area contributed by atoms with Gasteiger partial charge in [0.2, 0.25) is 0 Å². The van der Waals surface area contributed by atoms with Crippen molar-refractivity contribution < 1.29 is 0 Å². The van der Waals surface area contributed by atoms with Crippen molar-refractivity contribution in [2.24, 2.45) is 0 Å². The standard InChI is InChI=1S/C11H13Cl2N2/c1-14-10(12)7-15(8-11(14)13)9-5-3-2-4-6-9/h3-6,10-11H,7-8H2,1H3. The zero-order valence-electron chi connectivity index (χ0n) is 8.53. The van der Waals surface area contributed by atoms with Gasteiger partial charge in [-0.05, 0) is 25.2 Å². The Morgan fingerprint density at radius 3 is 2.27 bits per heavy atom. The van der Waals surface area contributed by atoms with Crippen molar-refractivity contribution in [3.63, 3.8) is 0 Å². The molecule has 1 aliphatic rings. The number of alkyl halides is 2. The van der Waals surface area contributed by atoms with E-state index in [1.165, 1.54) is 0 Å². The molecule has 0 aromatic heterocycles. The Morgan fingerprint density at radius 2 is 1.73 bits per heavy atom. The highest BCUT2D eigenvalue weighted by atomic mass is 35.5. The molecule has 0 saturated carbocycles. The summed E-state index contributed by atoms with van der Waals surface area (Å²) in [6, 6.07) is 10.9. The highest BCUT2D eigenvalue weighted by molar-refractivity contribution is 6.23. The lowest BCUT2D eigenvalue weighted by atomic mass is 10.2. The molecule has 2 rings (SSSR count). The van der Waals surface area contributed by atoms with Crippen molar-refractivity contribution in [2.75, 3.05) is 25.0 Å². The second-order valence-electron chi connectivity index (χ2n) is 3.70. The lowest BCUT2D eigenvalue weighted by molar-refractivity contribution is 0.253. The number of anilines is 1. The van der Waals surface area contributed by atoms with E-state index < -0.39 is 0 Å².